The van der Waals surface area contributed by atoms with Crippen LogP contribution in [0.15, 0.2) is 11.6 Å². The van der Waals surface area contributed by atoms with Crippen LogP contribution in [0.25, 0.3) is 0 Å². The average molecular weight is 346 g/mol. The molecule has 0 unspecified atom stereocenters. The zero-order valence-corrected chi connectivity index (χ0v) is 15.6. The van der Waals surface area contributed by atoms with Gasteiger partial charge in [0, 0.05) is 6.42 Å². The van der Waals surface area contributed by atoms with Gasteiger partial charge >= 0.3 is 5.97 Å². The van der Waals surface area contributed by atoms with Crippen LogP contribution in [0.4, 0.5) is 0 Å². The predicted octanol–water partition coefficient (Wildman–Crippen LogP) is 3.28. The van der Waals surface area contributed by atoms with Crippen molar-refractivity contribution in [3.8, 4) is 0 Å². The maximum Gasteiger partial charge on any atom is 0.311 e. The first kappa shape index (κ1) is 17.3. The minimum Gasteiger partial charge on any atom is -0.469 e. The van der Waals surface area contributed by atoms with Gasteiger partial charge in [-0.15, -0.1) is 0 Å². The lowest BCUT2D eigenvalue weighted by molar-refractivity contribution is -0.156. The highest BCUT2D eigenvalue weighted by atomic mass is 16.5. The monoisotopic (exact) mass is 346 g/mol. The smallest absolute Gasteiger partial charge is 0.311 e. The third kappa shape index (κ3) is 2.29. The molecule has 0 heterocycles. The normalized spacial score (nSPS) is 48.9. The van der Waals surface area contributed by atoms with Gasteiger partial charge in [-0.25, -0.2) is 0 Å². The summed E-state index contributed by atoms with van der Waals surface area (Å²) in [6.45, 7) is 4.55. The van der Waals surface area contributed by atoms with E-state index in [0.29, 0.717) is 30.6 Å². The molecule has 0 aromatic heterocycles. The number of carbonyl (C=O) groups excluding carboxylic acids is 2. The van der Waals surface area contributed by atoms with Crippen molar-refractivity contribution in [2.75, 3.05) is 7.11 Å². The second-order valence-electron chi connectivity index (χ2n) is 9.32. The Morgan fingerprint density at radius 2 is 1.96 bits per heavy atom. The fourth-order valence-corrected chi connectivity index (χ4v) is 7.13. The van der Waals surface area contributed by atoms with Crippen molar-refractivity contribution in [3.05, 3.63) is 11.6 Å². The van der Waals surface area contributed by atoms with E-state index >= 15 is 0 Å². The first-order valence-corrected chi connectivity index (χ1v) is 9.81. The molecule has 4 heteroatoms. The number of esters is 1. The van der Waals surface area contributed by atoms with Gasteiger partial charge < -0.3 is 9.84 Å². The van der Waals surface area contributed by atoms with Crippen LogP contribution in [0, 0.1) is 34.5 Å². The SMILES string of the molecule is COC(=O)[C@H]1[C@H](O)C[C@H]2[C@@H]3CCC4=CC(=O)CC[C@]4(C)[C@H]3CC[C@@]21C. The van der Waals surface area contributed by atoms with Crippen LogP contribution in [-0.4, -0.2) is 30.1 Å². The molecule has 0 bridgehead atoms. The van der Waals surface area contributed by atoms with E-state index in [1.807, 2.05) is 6.08 Å². The number of ketones is 1. The molecule has 138 valence electrons. The highest BCUT2D eigenvalue weighted by Gasteiger charge is 2.63. The molecule has 0 radical (unpaired) electrons. The molecule has 4 nitrogen and oxygen atoms in total. The van der Waals surface area contributed by atoms with Gasteiger partial charge in [-0.2, -0.15) is 0 Å². The number of methoxy groups -OCH3 is 1. The van der Waals surface area contributed by atoms with Gasteiger partial charge in [-0.3, -0.25) is 9.59 Å². The number of allylic oxidation sites excluding steroid dienone is 1. The Bertz CT molecular complexity index is 638. The Labute approximate surface area is 150 Å². The zero-order chi connectivity index (χ0) is 18.0. The van der Waals surface area contributed by atoms with E-state index < -0.39 is 6.10 Å². The Balaban J connectivity index is 1.67. The number of rotatable bonds is 1. The Hall–Kier alpha value is -1.16. The van der Waals surface area contributed by atoms with Gasteiger partial charge in [-0.05, 0) is 73.2 Å². The second kappa shape index (κ2) is 5.67. The molecule has 25 heavy (non-hydrogen) atoms. The summed E-state index contributed by atoms with van der Waals surface area (Å²) in [7, 11) is 1.43. The van der Waals surface area contributed by atoms with Crippen LogP contribution >= 0.6 is 0 Å². The van der Waals surface area contributed by atoms with E-state index in [-0.39, 0.29) is 28.5 Å². The highest BCUT2D eigenvalue weighted by Crippen LogP contribution is 2.66. The molecular formula is C21H30O4. The van der Waals surface area contributed by atoms with E-state index in [2.05, 4.69) is 13.8 Å². The van der Waals surface area contributed by atoms with Crippen molar-refractivity contribution >= 4 is 11.8 Å². The van der Waals surface area contributed by atoms with Gasteiger partial charge in [0.2, 0.25) is 0 Å². The lowest BCUT2D eigenvalue weighted by atomic mass is 9.47. The molecule has 0 aromatic rings. The quantitative estimate of drug-likeness (QED) is 0.740. The maximum atomic E-state index is 12.3. The molecule has 0 amide bonds. The molecule has 7 atom stereocenters. The first-order chi connectivity index (χ1) is 11.8. The molecule has 4 aliphatic carbocycles. The van der Waals surface area contributed by atoms with Crippen molar-refractivity contribution in [3.63, 3.8) is 0 Å². The van der Waals surface area contributed by atoms with Crippen LogP contribution in [-0.2, 0) is 14.3 Å². The van der Waals surface area contributed by atoms with Crippen LogP contribution in [0.5, 0.6) is 0 Å². The number of carbonyl (C=O) groups is 2. The van der Waals surface area contributed by atoms with Crippen LogP contribution in [0.3, 0.4) is 0 Å². The largest absolute Gasteiger partial charge is 0.469 e. The first-order valence-electron chi connectivity index (χ1n) is 9.81. The summed E-state index contributed by atoms with van der Waals surface area (Å²) >= 11 is 0. The zero-order valence-electron chi connectivity index (χ0n) is 15.6. The summed E-state index contributed by atoms with van der Waals surface area (Å²) in [4.78, 5) is 24.2. The third-order valence-electron chi connectivity index (χ3n) is 8.45. The summed E-state index contributed by atoms with van der Waals surface area (Å²) in [6.07, 6.45) is 7.81. The fraction of sp³-hybridized carbons (Fsp3) is 0.810. The van der Waals surface area contributed by atoms with Gasteiger partial charge in [0.15, 0.2) is 5.78 Å². The van der Waals surface area contributed by atoms with Gasteiger partial charge in [0.05, 0.1) is 19.1 Å². The van der Waals surface area contributed by atoms with Gasteiger partial charge in [-0.1, -0.05) is 19.4 Å². The minimum absolute atomic E-state index is 0.131. The Morgan fingerprint density at radius 3 is 2.68 bits per heavy atom. The third-order valence-corrected chi connectivity index (χ3v) is 8.45. The topological polar surface area (TPSA) is 63.6 Å². The van der Waals surface area contributed by atoms with Gasteiger partial charge in [0.1, 0.15) is 0 Å². The lowest BCUT2D eigenvalue weighted by Gasteiger charge is -2.57. The van der Waals surface area contributed by atoms with Crippen molar-refractivity contribution < 1.29 is 19.4 Å². The Morgan fingerprint density at radius 1 is 1.20 bits per heavy atom. The van der Waals surface area contributed by atoms with E-state index in [0.717, 1.165) is 32.1 Å². The number of hydrogen-bond acceptors (Lipinski definition) is 4. The minimum atomic E-state index is -0.584. The van der Waals surface area contributed by atoms with Crippen molar-refractivity contribution in [1.29, 1.82) is 0 Å². The van der Waals surface area contributed by atoms with E-state index in [1.165, 1.54) is 12.7 Å². The molecule has 0 spiro atoms. The van der Waals surface area contributed by atoms with Gasteiger partial charge in [0.25, 0.3) is 0 Å². The highest BCUT2D eigenvalue weighted by molar-refractivity contribution is 5.91. The van der Waals surface area contributed by atoms with Crippen LogP contribution in [0.2, 0.25) is 0 Å². The summed E-state index contributed by atoms with van der Waals surface area (Å²) in [6, 6.07) is 0. The number of ether oxygens (including phenoxy) is 1. The average Bonchev–Trinajstić information content (AvgIpc) is 2.85. The van der Waals surface area contributed by atoms with Crippen molar-refractivity contribution in [2.24, 2.45) is 34.5 Å². The second-order valence-corrected chi connectivity index (χ2v) is 9.32. The number of hydrogen-bond donors (Lipinski definition) is 1. The lowest BCUT2D eigenvalue weighted by Crippen LogP contribution is -2.51. The summed E-state index contributed by atoms with van der Waals surface area (Å²) in [5.41, 5.74) is 1.33. The molecule has 1 N–H and O–H groups in total. The van der Waals surface area contributed by atoms with Crippen molar-refractivity contribution in [2.45, 2.75) is 64.9 Å². The fourth-order valence-electron chi connectivity index (χ4n) is 7.13. The maximum absolute atomic E-state index is 12.3. The standard InChI is InChI=1S/C21H30O4/c1-20-8-6-13(22)10-12(20)4-5-14-15(20)7-9-21(2)16(14)11-17(23)18(21)19(24)25-3/h10,14-18,23H,4-9,11H2,1-3H3/t14-,15+,16+,17-,18-,20+,21+/m1/s1. The molecule has 3 saturated carbocycles. The van der Waals surface area contributed by atoms with E-state index in [9.17, 15) is 14.7 Å². The number of fused-ring (bicyclic) bond motifs is 5. The number of aliphatic hydroxyl groups is 1. The van der Waals surface area contributed by atoms with Crippen molar-refractivity contribution in [1.82, 2.24) is 0 Å². The summed E-state index contributed by atoms with van der Waals surface area (Å²) in [5.74, 6) is 1.14. The molecule has 0 saturated heterocycles. The van der Waals surface area contributed by atoms with Crippen LogP contribution in [0.1, 0.15) is 58.8 Å². The number of aliphatic hydroxyl groups excluding tert-OH is 1. The van der Waals surface area contributed by atoms with E-state index in [1.54, 1.807) is 0 Å². The Kier molecular flexibility index (Phi) is 3.91. The molecule has 0 aliphatic heterocycles. The molecular weight excluding hydrogens is 316 g/mol. The summed E-state index contributed by atoms with van der Waals surface area (Å²) in [5, 5.41) is 10.7. The molecule has 3 fully saturated rings. The molecule has 0 aromatic carbocycles. The predicted molar refractivity (Wildman–Crippen MR) is 93.6 cm³/mol. The van der Waals surface area contributed by atoms with Crippen LogP contribution < -0.4 is 0 Å². The molecule has 4 rings (SSSR count). The summed E-state index contributed by atoms with van der Waals surface area (Å²) < 4.78 is 5.03. The van der Waals surface area contributed by atoms with E-state index in [4.69, 9.17) is 4.74 Å². The molecule has 4 aliphatic rings.